The number of rotatable bonds is 2. The van der Waals surface area contributed by atoms with Crippen molar-refractivity contribution in [3.63, 3.8) is 0 Å². The fourth-order valence-electron chi connectivity index (χ4n) is 2.29. The molecule has 3 rings (SSSR count). The molecular formula is C15H14FN3. The Bertz CT molecular complexity index is 731. The van der Waals surface area contributed by atoms with Gasteiger partial charge in [-0.2, -0.15) is 0 Å². The summed E-state index contributed by atoms with van der Waals surface area (Å²) in [6.07, 6.45) is 1.63. The third-order valence-electron chi connectivity index (χ3n) is 3.20. The van der Waals surface area contributed by atoms with Gasteiger partial charge in [-0.15, -0.1) is 0 Å². The zero-order valence-corrected chi connectivity index (χ0v) is 10.5. The van der Waals surface area contributed by atoms with Gasteiger partial charge in [0.05, 0.1) is 16.7 Å². The molecule has 0 saturated carbocycles. The van der Waals surface area contributed by atoms with Crippen LogP contribution in [-0.2, 0) is 0 Å². The maximum Gasteiger partial charge on any atom is 0.147 e. The van der Waals surface area contributed by atoms with Crippen LogP contribution in [-0.4, -0.2) is 9.55 Å². The smallest absolute Gasteiger partial charge is 0.147 e. The molecule has 0 radical (unpaired) electrons. The number of fused-ring (bicyclic) bond motifs is 1. The molecule has 0 fully saturated rings. The van der Waals surface area contributed by atoms with E-state index in [0.29, 0.717) is 5.69 Å². The van der Waals surface area contributed by atoms with E-state index in [1.807, 2.05) is 37.3 Å². The van der Waals surface area contributed by atoms with E-state index in [9.17, 15) is 4.39 Å². The van der Waals surface area contributed by atoms with Crippen LogP contribution in [0.3, 0.4) is 0 Å². The van der Waals surface area contributed by atoms with E-state index in [1.165, 1.54) is 6.07 Å². The predicted molar refractivity (Wildman–Crippen MR) is 73.6 cm³/mol. The van der Waals surface area contributed by atoms with Gasteiger partial charge in [0, 0.05) is 6.04 Å². The van der Waals surface area contributed by atoms with Crippen LogP contribution < -0.4 is 5.73 Å². The number of benzene rings is 2. The average Bonchev–Trinajstić information content (AvgIpc) is 2.82. The molecule has 0 aliphatic rings. The van der Waals surface area contributed by atoms with Crippen molar-refractivity contribution in [3.05, 3.63) is 60.2 Å². The number of hydrogen-bond acceptors (Lipinski definition) is 2. The highest BCUT2D eigenvalue weighted by atomic mass is 19.1. The van der Waals surface area contributed by atoms with Crippen LogP contribution in [0.2, 0.25) is 0 Å². The van der Waals surface area contributed by atoms with Crippen LogP contribution in [0.25, 0.3) is 16.7 Å². The number of nitrogens with zero attached hydrogens (tertiary/aromatic N) is 2. The van der Waals surface area contributed by atoms with Gasteiger partial charge in [-0.3, -0.25) is 4.57 Å². The molecule has 2 N–H and O–H groups in total. The van der Waals surface area contributed by atoms with E-state index in [4.69, 9.17) is 5.73 Å². The Morgan fingerprint density at radius 1 is 1.16 bits per heavy atom. The summed E-state index contributed by atoms with van der Waals surface area (Å²) in [5, 5.41) is 0. The molecule has 1 heterocycles. The monoisotopic (exact) mass is 255 g/mol. The van der Waals surface area contributed by atoms with Gasteiger partial charge in [-0.05, 0) is 30.7 Å². The van der Waals surface area contributed by atoms with Crippen molar-refractivity contribution >= 4 is 11.0 Å². The first-order valence-electron chi connectivity index (χ1n) is 6.15. The van der Waals surface area contributed by atoms with Crippen LogP contribution in [0.4, 0.5) is 4.39 Å². The van der Waals surface area contributed by atoms with E-state index in [1.54, 1.807) is 17.0 Å². The van der Waals surface area contributed by atoms with E-state index < -0.39 is 0 Å². The van der Waals surface area contributed by atoms with Gasteiger partial charge in [-0.1, -0.05) is 24.3 Å². The standard InChI is InChI=1S/C15H14FN3/c1-10(17)11-5-4-6-12(16)15(11)19-9-18-13-7-2-3-8-14(13)19/h2-10H,17H2,1H3/t10-/m1/s1. The zero-order chi connectivity index (χ0) is 13.4. The third-order valence-corrected chi connectivity index (χ3v) is 3.20. The van der Waals surface area contributed by atoms with Crippen molar-refractivity contribution in [2.24, 2.45) is 5.73 Å². The van der Waals surface area contributed by atoms with Crippen LogP contribution in [0, 0.1) is 5.82 Å². The Morgan fingerprint density at radius 2 is 1.95 bits per heavy atom. The molecule has 19 heavy (non-hydrogen) atoms. The number of halogens is 1. The van der Waals surface area contributed by atoms with Crippen molar-refractivity contribution in [1.29, 1.82) is 0 Å². The van der Waals surface area contributed by atoms with Crippen LogP contribution >= 0.6 is 0 Å². The summed E-state index contributed by atoms with van der Waals surface area (Å²) in [7, 11) is 0. The quantitative estimate of drug-likeness (QED) is 0.764. The first kappa shape index (κ1) is 11.9. The maximum absolute atomic E-state index is 14.2. The first-order chi connectivity index (χ1) is 9.18. The molecule has 1 atom stereocenters. The number of para-hydroxylation sites is 3. The molecule has 0 unspecified atom stereocenters. The lowest BCUT2D eigenvalue weighted by Crippen LogP contribution is -2.11. The SMILES string of the molecule is C[C@@H](N)c1cccc(F)c1-n1cnc2ccccc21. The van der Waals surface area contributed by atoms with Gasteiger partial charge in [0.25, 0.3) is 0 Å². The predicted octanol–water partition coefficient (Wildman–Crippen LogP) is 3.18. The molecule has 4 heteroatoms. The van der Waals surface area contributed by atoms with Gasteiger partial charge in [-0.25, -0.2) is 9.37 Å². The highest BCUT2D eigenvalue weighted by Gasteiger charge is 2.15. The second kappa shape index (κ2) is 4.48. The Labute approximate surface area is 110 Å². The minimum Gasteiger partial charge on any atom is -0.324 e. The highest BCUT2D eigenvalue weighted by Crippen LogP contribution is 2.26. The van der Waals surface area contributed by atoms with Gasteiger partial charge in [0.15, 0.2) is 0 Å². The fraction of sp³-hybridized carbons (Fsp3) is 0.133. The van der Waals surface area contributed by atoms with Crippen molar-refractivity contribution in [1.82, 2.24) is 9.55 Å². The largest absolute Gasteiger partial charge is 0.324 e. The van der Waals surface area contributed by atoms with Gasteiger partial charge in [0.2, 0.25) is 0 Å². The van der Waals surface area contributed by atoms with E-state index in [0.717, 1.165) is 16.6 Å². The number of nitrogens with two attached hydrogens (primary N) is 1. The normalized spacial score (nSPS) is 12.8. The molecule has 3 aromatic rings. The maximum atomic E-state index is 14.2. The molecule has 0 aliphatic heterocycles. The Kier molecular flexibility index (Phi) is 2.80. The molecule has 0 aliphatic carbocycles. The molecule has 0 spiro atoms. The fourth-order valence-corrected chi connectivity index (χ4v) is 2.29. The molecule has 0 amide bonds. The Hall–Kier alpha value is -2.20. The van der Waals surface area contributed by atoms with E-state index in [-0.39, 0.29) is 11.9 Å². The Balaban J connectivity index is 2.33. The summed E-state index contributed by atoms with van der Waals surface area (Å²) >= 11 is 0. The minimum absolute atomic E-state index is 0.244. The summed E-state index contributed by atoms with van der Waals surface area (Å²) in [6.45, 7) is 1.84. The first-order valence-corrected chi connectivity index (χ1v) is 6.15. The summed E-state index contributed by atoms with van der Waals surface area (Å²) < 4.78 is 16.0. The zero-order valence-electron chi connectivity index (χ0n) is 10.5. The molecule has 96 valence electrons. The second-order valence-electron chi connectivity index (χ2n) is 4.57. The molecule has 0 bridgehead atoms. The number of aromatic nitrogens is 2. The van der Waals surface area contributed by atoms with Crippen molar-refractivity contribution in [2.75, 3.05) is 0 Å². The number of imidazole rings is 1. The summed E-state index contributed by atoms with van der Waals surface area (Å²) in [5.41, 5.74) is 8.88. The minimum atomic E-state index is -0.294. The van der Waals surface area contributed by atoms with E-state index >= 15 is 0 Å². The van der Waals surface area contributed by atoms with Gasteiger partial charge in [0.1, 0.15) is 12.1 Å². The summed E-state index contributed by atoms with van der Waals surface area (Å²) in [5.74, 6) is -0.294. The molecule has 2 aromatic carbocycles. The molecular weight excluding hydrogens is 241 g/mol. The highest BCUT2D eigenvalue weighted by molar-refractivity contribution is 5.77. The topological polar surface area (TPSA) is 43.8 Å². The van der Waals surface area contributed by atoms with Gasteiger partial charge >= 0.3 is 0 Å². The third kappa shape index (κ3) is 1.90. The van der Waals surface area contributed by atoms with Crippen molar-refractivity contribution < 1.29 is 4.39 Å². The molecule has 3 nitrogen and oxygen atoms in total. The summed E-state index contributed by atoms with van der Waals surface area (Å²) in [6, 6.07) is 12.4. The average molecular weight is 255 g/mol. The van der Waals surface area contributed by atoms with Crippen LogP contribution in [0.15, 0.2) is 48.8 Å². The van der Waals surface area contributed by atoms with Crippen molar-refractivity contribution in [3.8, 4) is 5.69 Å². The molecule has 1 aromatic heterocycles. The lowest BCUT2D eigenvalue weighted by Gasteiger charge is -2.14. The Morgan fingerprint density at radius 3 is 2.74 bits per heavy atom. The van der Waals surface area contributed by atoms with Crippen LogP contribution in [0.5, 0.6) is 0 Å². The molecule has 0 saturated heterocycles. The van der Waals surface area contributed by atoms with E-state index in [2.05, 4.69) is 4.98 Å². The second-order valence-corrected chi connectivity index (χ2v) is 4.57. The van der Waals surface area contributed by atoms with Gasteiger partial charge < -0.3 is 5.73 Å². The van der Waals surface area contributed by atoms with Crippen LogP contribution in [0.1, 0.15) is 18.5 Å². The lowest BCUT2D eigenvalue weighted by atomic mass is 10.1. The summed E-state index contributed by atoms with van der Waals surface area (Å²) in [4.78, 5) is 4.29. The number of hydrogen-bond donors (Lipinski definition) is 1. The lowest BCUT2D eigenvalue weighted by molar-refractivity contribution is 0.612. The van der Waals surface area contributed by atoms with Crippen molar-refractivity contribution in [2.45, 2.75) is 13.0 Å².